The van der Waals surface area contributed by atoms with Gasteiger partial charge in [-0.3, -0.25) is 0 Å². The third kappa shape index (κ3) is 7.20. The standard InChI is InChI=1S/C24H26O4.C2H6/c1-17-4-8-20(9-5-17)15-26-16-27-23-13-12-22(14-19(23)3)28-24(25)21-10-6-18(2)7-11-21;1-2/h4-11,14H,12-13,15-16H2,1-3H3;1-2H3. The van der Waals surface area contributed by atoms with Gasteiger partial charge in [-0.25, -0.2) is 4.79 Å². The van der Waals surface area contributed by atoms with E-state index in [0.29, 0.717) is 30.8 Å². The van der Waals surface area contributed by atoms with Crippen LogP contribution in [0.5, 0.6) is 0 Å². The van der Waals surface area contributed by atoms with Crippen molar-refractivity contribution < 1.29 is 19.0 Å². The van der Waals surface area contributed by atoms with Gasteiger partial charge in [0.05, 0.1) is 12.2 Å². The number of hydrogen-bond acceptors (Lipinski definition) is 4. The van der Waals surface area contributed by atoms with Crippen LogP contribution in [0.15, 0.2) is 71.7 Å². The van der Waals surface area contributed by atoms with Gasteiger partial charge in [0.15, 0.2) is 6.79 Å². The molecule has 0 saturated heterocycles. The molecule has 0 unspecified atom stereocenters. The van der Waals surface area contributed by atoms with Gasteiger partial charge in [-0.05, 0) is 50.1 Å². The minimum atomic E-state index is -0.329. The van der Waals surface area contributed by atoms with E-state index < -0.39 is 0 Å². The molecule has 0 N–H and O–H groups in total. The molecule has 4 nitrogen and oxygen atoms in total. The van der Waals surface area contributed by atoms with Gasteiger partial charge >= 0.3 is 5.97 Å². The Morgan fingerprint density at radius 2 is 1.47 bits per heavy atom. The van der Waals surface area contributed by atoms with Gasteiger partial charge in [0, 0.05) is 12.8 Å². The lowest BCUT2D eigenvalue weighted by Crippen LogP contribution is -2.10. The molecule has 1 aliphatic carbocycles. The smallest absolute Gasteiger partial charge is 0.343 e. The number of allylic oxidation sites excluding steroid dienone is 4. The highest BCUT2D eigenvalue weighted by Gasteiger charge is 2.16. The SMILES string of the molecule is CC.CC1=C(OCOCc2ccc(C)cc2)CCC(OC(=O)c2ccc(C)cc2)=C1. The minimum Gasteiger partial charge on any atom is -0.472 e. The third-order valence-electron chi connectivity index (χ3n) is 4.63. The lowest BCUT2D eigenvalue weighted by atomic mass is 10.0. The number of carbonyl (C=O) groups excluding carboxylic acids is 1. The summed E-state index contributed by atoms with van der Waals surface area (Å²) < 4.78 is 16.9. The number of benzene rings is 2. The van der Waals surface area contributed by atoms with Gasteiger partial charge in [0.1, 0.15) is 11.5 Å². The van der Waals surface area contributed by atoms with E-state index in [1.807, 2.05) is 45.9 Å². The van der Waals surface area contributed by atoms with E-state index in [4.69, 9.17) is 14.2 Å². The highest BCUT2D eigenvalue weighted by atomic mass is 16.7. The average Bonchev–Trinajstić information content (AvgIpc) is 2.75. The van der Waals surface area contributed by atoms with E-state index >= 15 is 0 Å². The van der Waals surface area contributed by atoms with Gasteiger partial charge in [-0.1, -0.05) is 61.4 Å². The highest BCUT2D eigenvalue weighted by molar-refractivity contribution is 5.90. The van der Waals surface area contributed by atoms with E-state index in [2.05, 4.69) is 31.2 Å². The number of ether oxygens (including phenoxy) is 3. The summed E-state index contributed by atoms with van der Waals surface area (Å²) in [6, 6.07) is 15.6. The van der Waals surface area contributed by atoms with Crippen LogP contribution in [0, 0.1) is 13.8 Å². The quantitative estimate of drug-likeness (QED) is 0.293. The zero-order valence-corrected chi connectivity index (χ0v) is 18.7. The van der Waals surface area contributed by atoms with Gasteiger partial charge < -0.3 is 14.2 Å². The fourth-order valence-corrected chi connectivity index (χ4v) is 2.92. The molecular weight excluding hydrogens is 376 g/mol. The molecule has 30 heavy (non-hydrogen) atoms. The Balaban J connectivity index is 0.00000155. The largest absolute Gasteiger partial charge is 0.472 e. The molecule has 0 saturated carbocycles. The van der Waals surface area contributed by atoms with Crippen molar-refractivity contribution >= 4 is 5.97 Å². The molecule has 0 atom stereocenters. The molecule has 3 rings (SSSR count). The number of aryl methyl sites for hydroxylation is 2. The van der Waals surface area contributed by atoms with E-state index in [-0.39, 0.29) is 12.8 Å². The monoisotopic (exact) mass is 408 g/mol. The minimum absolute atomic E-state index is 0.201. The Hall–Kier alpha value is -2.85. The molecule has 0 bridgehead atoms. The number of rotatable bonds is 7. The fourth-order valence-electron chi connectivity index (χ4n) is 2.92. The van der Waals surface area contributed by atoms with Crippen LogP contribution in [0.1, 0.15) is 60.7 Å². The first kappa shape index (κ1) is 23.4. The molecule has 0 heterocycles. The summed E-state index contributed by atoms with van der Waals surface area (Å²) in [4.78, 5) is 12.2. The number of carbonyl (C=O) groups is 1. The predicted octanol–water partition coefficient (Wildman–Crippen LogP) is 6.63. The second-order valence-electron chi connectivity index (χ2n) is 7.07. The van der Waals surface area contributed by atoms with Crippen LogP contribution < -0.4 is 0 Å². The Kier molecular flexibility index (Phi) is 9.36. The molecule has 0 fully saturated rings. The molecule has 0 spiro atoms. The summed E-state index contributed by atoms with van der Waals surface area (Å²) in [6.07, 6.45) is 3.18. The second kappa shape index (κ2) is 12.0. The Morgan fingerprint density at radius 3 is 2.07 bits per heavy atom. The van der Waals surface area contributed by atoms with Crippen molar-refractivity contribution in [2.45, 2.75) is 54.1 Å². The third-order valence-corrected chi connectivity index (χ3v) is 4.63. The van der Waals surface area contributed by atoms with Gasteiger partial charge in [-0.15, -0.1) is 0 Å². The van der Waals surface area contributed by atoms with Crippen LogP contribution in [-0.4, -0.2) is 12.8 Å². The van der Waals surface area contributed by atoms with Gasteiger partial charge in [0.25, 0.3) is 0 Å². The zero-order valence-electron chi connectivity index (χ0n) is 18.7. The highest BCUT2D eigenvalue weighted by Crippen LogP contribution is 2.26. The van der Waals surface area contributed by atoms with Crippen LogP contribution >= 0.6 is 0 Å². The van der Waals surface area contributed by atoms with Crippen LogP contribution in [-0.2, 0) is 20.8 Å². The van der Waals surface area contributed by atoms with Crippen molar-refractivity contribution in [2.24, 2.45) is 0 Å². The first-order valence-corrected chi connectivity index (χ1v) is 10.5. The lowest BCUT2D eigenvalue weighted by Gasteiger charge is -2.19. The van der Waals surface area contributed by atoms with E-state index in [0.717, 1.165) is 22.5 Å². The molecule has 1 aliphatic rings. The summed E-state index contributed by atoms with van der Waals surface area (Å²) in [5.41, 5.74) is 4.97. The molecule has 4 heteroatoms. The molecule has 2 aromatic carbocycles. The Bertz CT molecular complexity index is 874. The average molecular weight is 409 g/mol. The van der Waals surface area contributed by atoms with Crippen LogP contribution in [0.3, 0.4) is 0 Å². The number of esters is 1. The van der Waals surface area contributed by atoms with Crippen LogP contribution in [0.4, 0.5) is 0 Å². The van der Waals surface area contributed by atoms with E-state index in [1.54, 1.807) is 12.1 Å². The molecular formula is C26H32O4. The molecule has 0 amide bonds. The molecule has 2 aromatic rings. The van der Waals surface area contributed by atoms with Crippen molar-refractivity contribution in [2.75, 3.05) is 6.79 Å². The summed E-state index contributed by atoms with van der Waals surface area (Å²) >= 11 is 0. The van der Waals surface area contributed by atoms with E-state index in [1.165, 1.54) is 5.56 Å². The molecule has 0 aromatic heterocycles. The van der Waals surface area contributed by atoms with E-state index in [9.17, 15) is 4.79 Å². The summed E-state index contributed by atoms with van der Waals surface area (Å²) in [7, 11) is 0. The summed E-state index contributed by atoms with van der Waals surface area (Å²) in [5, 5.41) is 0. The van der Waals surface area contributed by atoms with Crippen molar-refractivity contribution in [1.29, 1.82) is 0 Å². The Labute approximate surface area is 180 Å². The van der Waals surface area contributed by atoms with Crippen molar-refractivity contribution in [3.05, 3.63) is 94.0 Å². The summed E-state index contributed by atoms with van der Waals surface area (Å²) in [6.45, 7) is 10.7. The summed E-state index contributed by atoms with van der Waals surface area (Å²) in [5.74, 6) is 1.21. The van der Waals surface area contributed by atoms with Gasteiger partial charge in [-0.2, -0.15) is 0 Å². The molecule has 0 aliphatic heterocycles. The predicted molar refractivity (Wildman–Crippen MR) is 120 cm³/mol. The van der Waals surface area contributed by atoms with Crippen LogP contribution in [0.25, 0.3) is 0 Å². The van der Waals surface area contributed by atoms with Crippen molar-refractivity contribution in [3.63, 3.8) is 0 Å². The van der Waals surface area contributed by atoms with Crippen LogP contribution in [0.2, 0.25) is 0 Å². The first-order valence-electron chi connectivity index (χ1n) is 10.5. The topological polar surface area (TPSA) is 44.8 Å². The fraction of sp³-hybridized carbons (Fsp3) is 0.346. The molecule has 160 valence electrons. The maximum absolute atomic E-state index is 12.2. The maximum Gasteiger partial charge on any atom is 0.343 e. The zero-order chi connectivity index (χ0) is 21.9. The van der Waals surface area contributed by atoms with Crippen molar-refractivity contribution in [3.8, 4) is 0 Å². The lowest BCUT2D eigenvalue weighted by molar-refractivity contribution is -0.0357. The number of hydrogen-bond donors (Lipinski definition) is 0. The second-order valence-corrected chi connectivity index (χ2v) is 7.07. The Morgan fingerprint density at radius 1 is 0.867 bits per heavy atom. The normalized spacial score (nSPS) is 13.2. The molecule has 0 radical (unpaired) electrons. The first-order chi connectivity index (χ1) is 14.5. The maximum atomic E-state index is 12.2. The van der Waals surface area contributed by atoms with Gasteiger partial charge in [0.2, 0.25) is 0 Å². The van der Waals surface area contributed by atoms with Crippen molar-refractivity contribution in [1.82, 2.24) is 0 Å².